The summed E-state index contributed by atoms with van der Waals surface area (Å²) in [5.41, 5.74) is 3.08. The molecule has 2 heterocycles. The van der Waals surface area contributed by atoms with Gasteiger partial charge >= 0.3 is 0 Å². The third-order valence-corrected chi connectivity index (χ3v) is 8.67. The molecule has 200 valence electrons. The first-order valence-corrected chi connectivity index (χ1v) is 14.9. The summed E-state index contributed by atoms with van der Waals surface area (Å²) in [6.45, 7) is 5.09. The molecule has 7 nitrogen and oxygen atoms in total. The normalized spacial score (nSPS) is 16.1. The number of anilines is 1. The smallest absolute Gasteiger partial charge is 0.261 e. The van der Waals surface area contributed by atoms with Gasteiger partial charge in [0, 0.05) is 25.2 Å². The van der Waals surface area contributed by atoms with Gasteiger partial charge in [-0.25, -0.2) is 8.42 Å². The maximum atomic E-state index is 13.2. The van der Waals surface area contributed by atoms with Gasteiger partial charge in [-0.1, -0.05) is 36.8 Å². The van der Waals surface area contributed by atoms with Crippen molar-refractivity contribution in [3.63, 3.8) is 0 Å². The summed E-state index contributed by atoms with van der Waals surface area (Å²) in [4.78, 5) is 17.8. The summed E-state index contributed by atoms with van der Waals surface area (Å²) in [6, 6.07) is 21.3. The van der Waals surface area contributed by atoms with Gasteiger partial charge in [-0.2, -0.15) is 0 Å². The molecule has 1 fully saturated rings. The number of carbonyl (C=O) groups excluding carboxylic acids is 1. The minimum absolute atomic E-state index is 0.0393. The van der Waals surface area contributed by atoms with Crippen LogP contribution < -0.4 is 9.46 Å². The lowest BCUT2D eigenvalue weighted by atomic mass is 9.97. The lowest BCUT2D eigenvalue weighted by Crippen LogP contribution is -2.36. The zero-order valence-corrected chi connectivity index (χ0v) is 22.5. The predicted octanol–water partition coefficient (Wildman–Crippen LogP) is 4.94. The van der Waals surface area contributed by atoms with E-state index in [4.69, 9.17) is 4.74 Å². The van der Waals surface area contributed by atoms with Gasteiger partial charge in [0.05, 0.1) is 17.2 Å². The summed E-state index contributed by atoms with van der Waals surface area (Å²) in [7, 11) is -3.68. The van der Waals surface area contributed by atoms with E-state index in [0.29, 0.717) is 37.4 Å². The predicted molar refractivity (Wildman–Crippen MR) is 149 cm³/mol. The standard InChI is InChI=1S/C30H35N3O4S/c34-30(24-13-15-26(16-14-24)37-22-8-20-32-18-5-2-6-19-32)33-21-17-28-25(23-33)9-7-12-29(28)31-38(35,36)27-10-3-1-4-11-27/h1,3-4,7,9-16,31H,2,5-6,8,17-23H2. The number of hydrogen-bond acceptors (Lipinski definition) is 5. The third kappa shape index (κ3) is 6.37. The topological polar surface area (TPSA) is 79.0 Å². The molecule has 2 aliphatic heterocycles. The Balaban J connectivity index is 1.17. The van der Waals surface area contributed by atoms with Crippen molar-refractivity contribution in [2.45, 2.75) is 43.5 Å². The molecule has 0 unspecified atom stereocenters. The number of carbonyl (C=O) groups is 1. The van der Waals surface area contributed by atoms with Crippen molar-refractivity contribution in [3.05, 3.63) is 89.5 Å². The number of ether oxygens (including phenoxy) is 1. The van der Waals surface area contributed by atoms with Gasteiger partial charge in [0.2, 0.25) is 0 Å². The largest absolute Gasteiger partial charge is 0.494 e. The Hall–Kier alpha value is -3.36. The molecule has 0 saturated carbocycles. The Labute approximate surface area is 225 Å². The molecule has 1 N–H and O–H groups in total. The highest BCUT2D eigenvalue weighted by molar-refractivity contribution is 7.92. The van der Waals surface area contributed by atoms with E-state index >= 15 is 0 Å². The fraction of sp³-hybridized carbons (Fsp3) is 0.367. The molecule has 0 aromatic heterocycles. The van der Waals surface area contributed by atoms with Crippen LogP contribution >= 0.6 is 0 Å². The van der Waals surface area contributed by atoms with E-state index in [1.165, 1.54) is 32.4 Å². The van der Waals surface area contributed by atoms with Crippen LogP contribution in [0.15, 0.2) is 77.7 Å². The van der Waals surface area contributed by atoms with E-state index in [0.717, 1.165) is 29.8 Å². The first kappa shape index (κ1) is 26.3. The quantitative estimate of drug-likeness (QED) is 0.394. The Morgan fingerprint density at radius 1 is 0.868 bits per heavy atom. The summed E-state index contributed by atoms with van der Waals surface area (Å²) in [6.07, 6.45) is 5.52. The fourth-order valence-electron chi connectivity index (χ4n) is 5.22. The molecule has 3 aromatic rings. The molecule has 3 aromatic carbocycles. The third-order valence-electron chi connectivity index (χ3n) is 7.29. The Bertz CT molecular complexity index is 1340. The maximum absolute atomic E-state index is 13.2. The van der Waals surface area contributed by atoms with Gasteiger partial charge in [0.25, 0.3) is 15.9 Å². The molecule has 1 saturated heterocycles. The van der Waals surface area contributed by atoms with Gasteiger partial charge in [-0.15, -0.1) is 0 Å². The molecule has 1 amide bonds. The number of nitrogens with zero attached hydrogens (tertiary/aromatic N) is 2. The molecule has 0 radical (unpaired) electrons. The van der Waals surface area contributed by atoms with Gasteiger partial charge in [-0.05, 0) is 92.4 Å². The van der Waals surface area contributed by atoms with Crippen molar-refractivity contribution in [3.8, 4) is 5.75 Å². The van der Waals surface area contributed by atoms with Crippen LogP contribution in [-0.2, 0) is 23.0 Å². The zero-order chi connectivity index (χ0) is 26.4. The van der Waals surface area contributed by atoms with Crippen LogP contribution in [0.25, 0.3) is 0 Å². The number of fused-ring (bicyclic) bond motifs is 1. The number of benzene rings is 3. The highest BCUT2D eigenvalue weighted by Gasteiger charge is 2.25. The lowest BCUT2D eigenvalue weighted by molar-refractivity contribution is 0.0735. The number of amides is 1. The van der Waals surface area contributed by atoms with Crippen molar-refractivity contribution in [1.82, 2.24) is 9.80 Å². The second-order valence-corrected chi connectivity index (χ2v) is 11.6. The summed E-state index contributed by atoms with van der Waals surface area (Å²) < 4.78 is 34.3. The van der Waals surface area contributed by atoms with Crippen molar-refractivity contribution in [2.24, 2.45) is 0 Å². The Kier molecular flexibility index (Phi) is 8.29. The van der Waals surface area contributed by atoms with Crippen molar-refractivity contribution in [1.29, 1.82) is 0 Å². The van der Waals surface area contributed by atoms with E-state index in [1.54, 1.807) is 36.4 Å². The maximum Gasteiger partial charge on any atom is 0.261 e. The zero-order valence-electron chi connectivity index (χ0n) is 21.6. The van der Waals surface area contributed by atoms with Crippen LogP contribution in [0.4, 0.5) is 5.69 Å². The molecule has 0 spiro atoms. The molecule has 8 heteroatoms. The molecular formula is C30H35N3O4S. The minimum atomic E-state index is -3.68. The second kappa shape index (κ2) is 12.0. The SMILES string of the molecule is O=C(c1ccc(OCCCN2CCCCC2)cc1)N1CCc2c(cccc2NS(=O)(=O)c2ccccc2)C1. The van der Waals surface area contributed by atoms with Crippen LogP contribution in [-0.4, -0.2) is 56.9 Å². The van der Waals surface area contributed by atoms with E-state index in [9.17, 15) is 13.2 Å². The van der Waals surface area contributed by atoms with Crippen LogP contribution in [0.3, 0.4) is 0 Å². The van der Waals surface area contributed by atoms with Crippen LogP contribution in [0.2, 0.25) is 0 Å². The highest BCUT2D eigenvalue weighted by Crippen LogP contribution is 2.29. The van der Waals surface area contributed by atoms with E-state index in [2.05, 4.69) is 9.62 Å². The fourth-order valence-corrected chi connectivity index (χ4v) is 6.33. The average molecular weight is 534 g/mol. The van der Waals surface area contributed by atoms with Gasteiger partial charge in [0.1, 0.15) is 5.75 Å². The number of sulfonamides is 1. The molecule has 38 heavy (non-hydrogen) atoms. The number of likely N-dealkylation sites (tertiary alicyclic amines) is 1. The van der Waals surface area contributed by atoms with Crippen molar-refractivity contribution < 1.29 is 17.9 Å². The van der Waals surface area contributed by atoms with Gasteiger partial charge < -0.3 is 14.5 Å². The second-order valence-electron chi connectivity index (χ2n) is 9.97. The lowest BCUT2D eigenvalue weighted by Gasteiger charge is -2.30. The van der Waals surface area contributed by atoms with Crippen LogP contribution in [0.5, 0.6) is 5.75 Å². The molecule has 0 aliphatic carbocycles. The minimum Gasteiger partial charge on any atom is -0.494 e. The average Bonchev–Trinajstić information content (AvgIpc) is 2.96. The first-order chi connectivity index (χ1) is 18.5. The highest BCUT2D eigenvalue weighted by atomic mass is 32.2. The Morgan fingerprint density at radius 2 is 1.63 bits per heavy atom. The van der Waals surface area contributed by atoms with Crippen LogP contribution in [0.1, 0.15) is 47.2 Å². The molecule has 5 rings (SSSR count). The van der Waals surface area contributed by atoms with E-state index in [1.807, 2.05) is 41.3 Å². The van der Waals surface area contributed by atoms with E-state index < -0.39 is 10.0 Å². The number of piperidine rings is 1. The Morgan fingerprint density at radius 3 is 2.39 bits per heavy atom. The van der Waals surface area contributed by atoms with Crippen molar-refractivity contribution in [2.75, 3.05) is 37.5 Å². The molecule has 0 atom stereocenters. The van der Waals surface area contributed by atoms with Gasteiger partial charge in [0.15, 0.2) is 0 Å². The molecule has 0 bridgehead atoms. The monoisotopic (exact) mass is 533 g/mol. The number of nitrogens with one attached hydrogen (secondary N) is 1. The van der Waals surface area contributed by atoms with Crippen molar-refractivity contribution >= 4 is 21.6 Å². The molecule has 2 aliphatic rings. The van der Waals surface area contributed by atoms with E-state index in [-0.39, 0.29) is 10.8 Å². The number of hydrogen-bond donors (Lipinski definition) is 1. The van der Waals surface area contributed by atoms with Gasteiger partial charge in [-0.3, -0.25) is 9.52 Å². The van der Waals surface area contributed by atoms with Crippen LogP contribution in [0, 0.1) is 0 Å². The molecular weight excluding hydrogens is 498 g/mol. The number of rotatable bonds is 9. The first-order valence-electron chi connectivity index (χ1n) is 13.4. The summed E-state index contributed by atoms with van der Waals surface area (Å²) >= 11 is 0. The summed E-state index contributed by atoms with van der Waals surface area (Å²) in [5.74, 6) is 0.738. The summed E-state index contributed by atoms with van der Waals surface area (Å²) in [5, 5.41) is 0.